The summed E-state index contributed by atoms with van der Waals surface area (Å²) in [5.41, 5.74) is 3.21. The molecule has 7 heteroatoms. The molecule has 0 N–H and O–H groups in total. The molecule has 1 aromatic heterocycles. The van der Waals surface area contributed by atoms with E-state index in [1.165, 1.54) is 11.1 Å². The lowest BCUT2D eigenvalue weighted by Crippen LogP contribution is -2.50. The van der Waals surface area contributed by atoms with Gasteiger partial charge in [0.25, 0.3) is 5.56 Å². The van der Waals surface area contributed by atoms with Crippen LogP contribution in [0.2, 0.25) is 0 Å². The summed E-state index contributed by atoms with van der Waals surface area (Å²) in [5.74, 6) is 0.846. The summed E-state index contributed by atoms with van der Waals surface area (Å²) >= 11 is 1.57. The van der Waals surface area contributed by atoms with Gasteiger partial charge in [-0.15, -0.1) is 0 Å². The first-order valence-corrected chi connectivity index (χ1v) is 12.4. The van der Waals surface area contributed by atoms with E-state index in [0.29, 0.717) is 19.5 Å². The molecule has 1 atom stereocenters. The Balaban J connectivity index is 1.26. The van der Waals surface area contributed by atoms with Gasteiger partial charge in [-0.3, -0.25) is 19.1 Å². The highest BCUT2D eigenvalue weighted by atomic mass is 32.2. The number of rotatable bonds is 5. The Labute approximate surface area is 198 Å². The van der Waals surface area contributed by atoms with Crippen LogP contribution in [-0.2, 0) is 4.79 Å². The van der Waals surface area contributed by atoms with E-state index >= 15 is 0 Å². The van der Waals surface area contributed by atoms with Gasteiger partial charge in [-0.2, -0.15) is 0 Å². The van der Waals surface area contributed by atoms with Crippen molar-refractivity contribution in [2.24, 2.45) is 0 Å². The van der Waals surface area contributed by atoms with Gasteiger partial charge < -0.3 is 4.90 Å². The Bertz CT molecular complexity index is 1130. The van der Waals surface area contributed by atoms with Gasteiger partial charge in [0.2, 0.25) is 5.91 Å². The second-order valence-electron chi connectivity index (χ2n) is 8.70. The number of amides is 1. The zero-order chi connectivity index (χ0) is 22.8. The zero-order valence-electron chi connectivity index (χ0n) is 18.8. The molecular formula is C26H28N4O2S. The van der Waals surface area contributed by atoms with Crippen molar-refractivity contribution in [3.8, 4) is 0 Å². The fourth-order valence-corrected chi connectivity index (χ4v) is 6.05. The maximum Gasteiger partial charge on any atom is 0.254 e. The fraction of sp³-hybridized carbons (Fsp3) is 0.346. The average molecular weight is 461 g/mol. The van der Waals surface area contributed by atoms with Crippen molar-refractivity contribution >= 4 is 17.7 Å². The first-order chi connectivity index (χ1) is 16.1. The molecule has 5 rings (SSSR count). The number of benzene rings is 2. The molecule has 0 aliphatic carbocycles. The minimum Gasteiger partial charge on any atom is -0.340 e. The van der Waals surface area contributed by atoms with Gasteiger partial charge in [0.15, 0.2) is 5.16 Å². The van der Waals surface area contributed by atoms with Gasteiger partial charge in [0.1, 0.15) is 0 Å². The minimum atomic E-state index is -0.113. The first-order valence-electron chi connectivity index (χ1n) is 11.4. The third-order valence-electron chi connectivity index (χ3n) is 6.49. The molecule has 1 fully saturated rings. The normalized spacial score (nSPS) is 18.5. The number of nitrogens with zero attached hydrogens (tertiary/aromatic N) is 4. The number of hydrogen-bond donors (Lipinski definition) is 0. The number of aromatic nitrogens is 2. The van der Waals surface area contributed by atoms with Crippen LogP contribution in [0.4, 0.5) is 0 Å². The smallest absolute Gasteiger partial charge is 0.254 e. The van der Waals surface area contributed by atoms with Gasteiger partial charge in [0, 0.05) is 50.1 Å². The van der Waals surface area contributed by atoms with Crippen molar-refractivity contribution in [3.63, 3.8) is 0 Å². The summed E-state index contributed by atoms with van der Waals surface area (Å²) in [6.07, 6.45) is 0.353. The SMILES string of the molecule is Cc1cc(=O)n2c(n1)SCC2CC(=O)N1CCN(C(c2ccccc2)c2ccccc2)CC1. The van der Waals surface area contributed by atoms with Crippen LogP contribution >= 0.6 is 11.8 Å². The monoisotopic (exact) mass is 460 g/mol. The molecule has 170 valence electrons. The van der Waals surface area contributed by atoms with Crippen molar-refractivity contribution in [2.45, 2.75) is 30.6 Å². The quantitative estimate of drug-likeness (QED) is 0.546. The van der Waals surface area contributed by atoms with Gasteiger partial charge in [-0.25, -0.2) is 4.98 Å². The predicted octanol–water partition coefficient (Wildman–Crippen LogP) is 3.52. The second kappa shape index (κ2) is 9.53. The molecule has 1 amide bonds. The number of fused-ring (bicyclic) bond motifs is 1. The Morgan fingerprint density at radius 2 is 1.61 bits per heavy atom. The molecule has 33 heavy (non-hydrogen) atoms. The van der Waals surface area contributed by atoms with Crippen LogP contribution in [0.5, 0.6) is 0 Å². The van der Waals surface area contributed by atoms with E-state index in [1.807, 2.05) is 24.0 Å². The molecule has 2 aromatic carbocycles. The summed E-state index contributed by atoms with van der Waals surface area (Å²) in [4.78, 5) is 34.5. The van der Waals surface area contributed by atoms with Crippen LogP contribution in [0.1, 0.15) is 35.3 Å². The Morgan fingerprint density at radius 3 is 2.21 bits per heavy atom. The summed E-state index contributed by atoms with van der Waals surface area (Å²) in [6.45, 7) is 4.86. The molecule has 0 radical (unpaired) electrons. The van der Waals surface area contributed by atoms with Crippen LogP contribution in [0, 0.1) is 6.92 Å². The van der Waals surface area contributed by atoms with Gasteiger partial charge in [-0.1, -0.05) is 72.4 Å². The third kappa shape index (κ3) is 4.61. The third-order valence-corrected chi connectivity index (χ3v) is 7.59. The maximum atomic E-state index is 13.1. The Morgan fingerprint density at radius 1 is 1.00 bits per heavy atom. The lowest BCUT2D eigenvalue weighted by Gasteiger charge is -2.40. The molecule has 1 unspecified atom stereocenters. The fourth-order valence-electron chi connectivity index (χ4n) is 4.86. The van der Waals surface area contributed by atoms with Crippen molar-refractivity contribution < 1.29 is 4.79 Å². The van der Waals surface area contributed by atoms with Crippen LogP contribution in [0.25, 0.3) is 0 Å². The summed E-state index contributed by atoms with van der Waals surface area (Å²) in [5, 5.41) is 0.733. The average Bonchev–Trinajstić information content (AvgIpc) is 3.23. The second-order valence-corrected chi connectivity index (χ2v) is 9.69. The highest BCUT2D eigenvalue weighted by Gasteiger charge is 2.32. The van der Waals surface area contributed by atoms with E-state index in [4.69, 9.17) is 0 Å². The number of hydrogen-bond acceptors (Lipinski definition) is 5. The molecule has 0 saturated carbocycles. The van der Waals surface area contributed by atoms with E-state index in [1.54, 1.807) is 22.4 Å². The van der Waals surface area contributed by atoms with Crippen molar-refractivity contribution in [2.75, 3.05) is 31.9 Å². The molecule has 2 aliphatic heterocycles. The predicted molar refractivity (Wildman–Crippen MR) is 130 cm³/mol. The molecule has 0 spiro atoms. The number of carbonyl (C=O) groups excluding carboxylic acids is 1. The van der Waals surface area contributed by atoms with Gasteiger partial charge >= 0.3 is 0 Å². The molecule has 3 heterocycles. The molecule has 2 aliphatic rings. The number of thioether (sulfide) groups is 1. The number of aryl methyl sites for hydroxylation is 1. The van der Waals surface area contributed by atoms with Crippen LogP contribution in [0.3, 0.4) is 0 Å². The van der Waals surface area contributed by atoms with E-state index in [-0.39, 0.29) is 23.6 Å². The molecule has 0 bridgehead atoms. The van der Waals surface area contributed by atoms with E-state index in [2.05, 4.69) is 58.4 Å². The van der Waals surface area contributed by atoms with Crippen LogP contribution in [-0.4, -0.2) is 57.2 Å². The van der Waals surface area contributed by atoms with E-state index in [0.717, 1.165) is 29.7 Å². The summed E-state index contributed by atoms with van der Waals surface area (Å²) in [7, 11) is 0. The number of piperazine rings is 1. The molecule has 3 aromatic rings. The maximum absolute atomic E-state index is 13.1. The standard InChI is InChI=1S/C26H28N4O2S/c1-19-16-24(32)30-22(18-33-26(30)27-19)17-23(31)28-12-14-29(15-13-28)25(20-8-4-2-5-9-20)21-10-6-3-7-11-21/h2-11,16,22,25H,12-15,17-18H2,1H3. The lowest BCUT2D eigenvalue weighted by molar-refractivity contribution is -0.133. The largest absolute Gasteiger partial charge is 0.340 e. The van der Waals surface area contributed by atoms with E-state index in [9.17, 15) is 9.59 Å². The summed E-state index contributed by atoms with van der Waals surface area (Å²) in [6, 6.07) is 22.8. The molecule has 6 nitrogen and oxygen atoms in total. The first kappa shape index (κ1) is 21.9. The topological polar surface area (TPSA) is 58.4 Å². The number of carbonyl (C=O) groups is 1. The minimum absolute atomic E-state index is 0.0568. The highest BCUT2D eigenvalue weighted by Crippen LogP contribution is 2.33. The Kier molecular flexibility index (Phi) is 6.33. The van der Waals surface area contributed by atoms with Crippen molar-refractivity contribution in [1.82, 2.24) is 19.4 Å². The highest BCUT2D eigenvalue weighted by molar-refractivity contribution is 7.99. The zero-order valence-corrected chi connectivity index (χ0v) is 19.6. The van der Waals surface area contributed by atoms with Crippen LogP contribution < -0.4 is 5.56 Å². The van der Waals surface area contributed by atoms with Gasteiger partial charge in [0.05, 0.1) is 12.1 Å². The van der Waals surface area contributed by atoms with E-state index < -0.39 is 0 Å². The van der Waals surface area contributed by atoms with Crippen LogP contribution in [0.15, 0.2) is 76.7 Å². The van der Waals surface area contributed by atoms with Gasteiger partial charge in [-0.05, 0) is 18.1 Å². The lowest BCUT2D eigenvalue weighted by atomic mass is 9.96. The molecule has 1 saturated heterocycles. The van der Waals surface area contributed by atoms with Crippen molar-refractivity contribution in [1.29, 1.82) is 0 Å². The van der Waals surface area contributed by atoms with Crippen molar-refractivity contribution in [3.05, 3.63) is 93.9 Å². The molecular weight excluding hydrogens is 432 g/mol. The summed E-state index contributed by atoms with van der Waals surface area (Å²) < 4.78 is 1.70. The Hall–Kier alpha value is -2.90.